The molecule has 0 fully saturated rings. The first kappa shape index (κ1) is 16.9. The zero-order chi connectivity index (χ0) is 18.1. The highest BCUT2D eigenvalue weighted by molar-refractivity contribution is 5.97. The van der Waals surface area contributed by atoms with Gasteiger partial charge in [-0.1, -0.05) is 12.1 Å². The van der Waals surface area contributed by atoms with Gasteiger partial charge in [-0.3, -0.25) is 9.89 Å². The summed E-state index contributed by atoms with van der Waals surface area (Å²) in [4.78, 5) is 29.4. The summed E-state index contributed by atoms with van der Waals surface area (Å²) in [7, 11) is 0. The minimum Gasteiger partial charge on any atom is -0.462 e. The van der Waals surface area contributed by atoms with Crippen molar-refractivity contribution in [3.8, 4) is 0 Å². The Bertz CT molecular complexity index is 1000. The Morgan fingerprint density at radius 2 is 1.96 bits per heavy atom. The summed E-state index contributed by atoms with van der Waals surface area (Å²) in [6.07, 6.45) is 0.327. The Labute approximate surface area is 143 Å². The molecule has 0 radical (unpaired) electrons. The number of rotatable bonds is 4. The van der Waals surface area contributed by atoms with E-state index >= 15 is 0 Å². The Kier molecular flexibility index (Phi) is 4.39. The summed E-state index contributed by atoms with van der Waals surface area (Å²) in [5.74, 6) is -0.846. The van der Waals surface area contributed by atoms with Gasteiger partial charge in [0, 0.05) is 23.4 Å². The Hall–Kier alpha value is -2.96. The highest BCUT2D eigenvalue weighted by Gasteiger charge is 2.22. The van der Waals surface area contributed by atoms with E-state index in [4.69, 9.17) is 4.74 Å². The molecule has 1 N–H and O–H groups in total. The van der Waals surface area contributed by atoms with Crippen LogP contribution in [0.5, 0.6) is 0 Å². The van der Waals surface area contributed by atoms with E-state index in [0.29, 0.717) is 23.4 Å². The number of hydrogen-bond donors (Lipinski definition) is 1. The van der Waals surface area contributed by atoms with Gasteiger partial charge in [-0.05, 0) is 38.5 Å². The van der Waals surface area contributed by atoms with Gasteiger partial charge in [0.1, 0.15) is 11.4 Å². The first-order valence-electron chi connectivity index (χ1n) is 7.94. The van der Waals surface area contributed by atoms with Crippen molar-refractivity contribution in [1.82, 2.24) is 14.6 Å². The van der Waals surface area contributed by atoms with E-state index in [0.717, 1.165) is 5.56 Å². The summed E-state index contributed by atoms with van der Waals surface area (Å²) < 4.78 is 19.4. The van der Waals surface area contributed by atoms with Crippen LogP contribution >= 0.6 is 0 Å². The number of carbonyl (C=O) groups excluding carboxylic acids is 1. The molecule has 1 aromatic carbocycles. The molecule has 0 aliphatic heterocycles. The van der Waals surface area contributed by atoms with E-state index in [-0.39, 0.29) is 29.2 Å². The third-order valence-electron chi connectivity index (χ3n) is 4.04. The molecule has 130 valence electrons. The highest BCUT2D eigenvalue weighted by Crippen LogP contribution is 2.16. The lowest BCUT2D eigenvalue weighted by atomic mass is 10.1. The SMILES string of the molecule is CCOC(=O)c1c(C)[nH]n2c(=O)c(Cc3ccc(F)cc3)c(C)nc12. The molecule has 0 saturated carbocycles. The Morgan fingerprint density at radius 3 is 2.60 bits per heavy atom. The standard InChI is InChI=1S/C18H18FN3O3/c1-4-25-18(24)15-11(3)21-22-16(15)20-10(2)14(17(22)23)9-12-5-7-13(19)8-6-12/h5-8,21H,4,9H2,1-3H3. The van der Waals surface area contributed by atoms with Crippen molar-refractivity contribution in [1.29, 1.82) is 0 Å². The summed E-state index contributed by atoms with van der Waals surface area (Å²) in [5, 5.41) is 2.88. The maximum absolute atomic E-state index is 13.1. The van der Waals surface area contributed by atoms with Gasteiger partial charge in [0.15, 0.2) is 5.65 Å². The van der Waals surface area contributed by atoms with Crippen LogP contribution in [0, 0.1) is 19.7 Å². The van der Waals surface area contributed by atoms with Crippen molar-refractivity contribution in [2.75, 3.05) is 6.61 Å². The van der Waals surface area contributed by atoms with E-state index < -0.39 is 5.97 Å². The summed E-state index contributed by atoms with van der Waals surface area (Å²) >= 11 is 0. The molecule has 25 heavy (non-hydrogen) atoms. The van der Waals surface area contributed by atoms with Crippen LogP contribution in [0.25, 0.3) is 5.65 Å². The number of benzene rings is 1. The fourth-order valence-electron chi connectivity index (χ4n) is 2.78. The molecule has 2 aromatic heterocycles. The molecule has 2 heterocycles. The van der Waals surface area contributed by atoms with Crippen molar-refractivity contribution in [3.05, 3.63) is 68.5 Å². The third-order valence-corrected chi connectivity index (χ3v) is 4.04. The van der Waals surface area contributed by atoms with Crippen LogP contribution in [0.4, 0.5) is 4.39 Å². The number of nitrogens with zero attached hydrogens (tertiary/aromatic N) is 2. The number of H-pyrrole nitrogens is 1. The van der Waals surface area contributed by atoms with Gasteiger partial charge in [0.25, 0.3) is 5.56 Å². The van der Waals surface area contributed by atoms with E-state index in [1.165, 1.54) is 16.6 Å². The van der Waals surface area contributed by atoms with Crippen molar-refractivity contribution in [2.24, 2.45) is 0 Å². The molecule has 0 atom stereocenters. The molecule has 0 amide bonds. The average Bonchev–Trinajstić information content (AvgIpc) is 2.90. The highest BCUT2D eigenvalue weighted by atomic mass is 19.1. The largest absolute Gasteiger partial charge is 0.462 e. The molecule has 3 aromatic rings. The second-order valence-corrected chi connectivity index (χ2v) is 5.78. The van der Waals surface area contributed by atoms with Crippen LogP contribution in [0.15, 0.2) is 29.1 Å². The lowest BCUT2D eigenvalue weighted by Gasteiger charge is -2.06. The number of nitrogens with one attached hydrogen (secondary N) is 1. The Morgan fingerprint density at radius 1 is 1.28 bits per heavy atom. The number of hydrogen-bond acceptors (Lipinski definition) is 4. The molecule has 6 nitrogen and oxygen atoms in total. The zero-order valence-corrected chi connectivity index (χ0v) is 14.2. The van der Waals surface area contributed by atoms with Gasteiger partial charge in [0.05, 0.1) is 6.61 Å². The first-order chi connectivity index (χ1) is 11.9. The predicted octanol–water partition coefficient (Wildman–Crippen LogP) is 2.55. The minimum atomic E-state index is -0.517. The topological polar surface area (TPSA) is 76.5 Å². The predicted molar refractivity (Wildman–Crippen MR) is 90.4 cm³/mol. The lowest BCUT2D eigenvalue weighted by Crippen LogP contribution is -2.22. The number of aromatic nitrogens is 3. The molecule has 0 bridgehead atoms. The number of aromatic amines is 1. The molecule has 7 heteroatoms. The number of carbonyl (C=O) groups is 1. The normalized spacial score (nSPS) is 11.0. The average molecular weight is 343 g/mol. The fourth-order valence-corrected chi connectivity index (χ4v) is 2.78. The number of ether oxygens (including phenoxy) is 1. The monoisotopic (exact) mass is 343 g/mol. The van der Waals surface area contributed by atoms with Gasteiger partial charge in [-0.15, -0.1) is 0 Å². The molecule has 0 spiro atoms. The fraction of sp³-hybridized carbons (Fsp3) is 0.278. The number of aryl methyl sites for hydroxylation is 2. The molecule has 0 aliphatic carbocycles. The first-order valence-corrected chi connectivity index (χ1v) is 7.94. The molecule has 0 aliphatic rings. The molecular weight excluding hydrogens is 325 g/mol. The molecule has 0 saturated heterocycles. The van der Waals surface area contributed by atoms with Crippen LogP contribution in [-0.2, 0) is 11.2 Å². The van der Waals surface area contributed by atoms with Crippen LogP contribution < -0.4 is 5.56 Å². The van der Waals surface area contributed by atoms with E-state index in [2.05, 4.69) is 10.1 Å². The van der Waals surface area contributed by atoms with Crippen molar-refractivity contribution < 1.29 is 13.9 Å². The van der Waals surface area contributed by atoms with Gasteiger partial charge < -0.3 is 4.74 Å². The smallest absolute Gasteiger partial charge is 0.343 e. The lowest BCUT2D eigenvalue weighted by molar-refractivity contribution is 0.0527. The second-order valence-electron chi connectivity index (χ2n) is 5.78. The number of halogens is 1. The Balaban J connectivity index is 2.12. The maximum Gasteiger partial charge on any atom is 0.343 e. The third kappa shape index (κ3) is 3.05. The maximum atomic E-state index is 13.1. The summed E-state index contributed by atoms with van der Waals surface area (Å²) in [6, 6.07) is 5.97. The number of esters is 1. The summed E-state index contributed by atoms with van der Waals surface area (Å²) in [5.41, 5.74) is 2.56. The van der Waals surface area contributed by atoms with Crippen molar-refractivity contribution >= 4 is 11.6 Å². The van der Waals surface area contributed by atoms with Crippen molar-refractivity contribution in [3.63, 3.8) is 0 Å². The van der Waals surface area contributed by atoms with Crippen molar-refractivity contribution in [2.45, 2.75) is 27.2 Å². The molecule has 3 rings (SSSR count). The molecular formula is C18H18FN3O3. The quantitative estimate of drug-likeness (QED) is 0.739. The summed E-state index contributed by atoms with van der Waals surface area (Å²) in [6.45, 7) is 5.36. The van der Waals surface area contributed by atoms with Crippen LogP contribution in [0.2, 0.25) is 0 Å². The van der Waals surface area contributed by atoms with Crippen LogP contribution in [-0.4, -0.2) is 27.2 Å². The molecule has 0 unspecified atom stereocenters. The zero-order valence-electron chi connectivity index (χ0n) is 14.2. The van der Waals surface area contributed by atoms with E-state index in [1.54, 1.807) is 32.9 Å². The minimum absolute atomic E-state index is 0.238. The van der Waals surface area contributed by atoms with Crippen LogP contribution in [0.3, 0.4) is 0 Å². The van der Waals surface area contributed by atoms with Crippen LogP contribution in [0.1, 0.15) is 39.8 Å². The van der Waals surface area contributed by atoms with E-state index in [1.807, 2.05) is 0 Å². The second kappa shape index (κ2) is 6.51. The van der Waals surface area contributed by atoms with Gasteiger partial charge in [-0.25, -0.2) is 18.7 Å². The van der Waals surface area contributed by atoms with Gasteiger partial charge >= 0.3 is 5.97 Å². The van der Waals surface area contributed by atoms with Gasteiger partial charge in [0.2, 0.25) is 0 Å². The van der Waals surface area contributed by atoms with Gasteiger partial charge in [-0.2, -0.15) is 0 Å². The van der Waals surface area contributed by atoms with E-state index in [9.17, 15) is 14.0 Å². The number of fused-ring (bicyclic) bond motifs is 1.